The molecule has 1 atom stereocenters. The van der Waals surface area contributed by atoms with Crippen molar-refractivity contribution >= 4 is 17.5 Å². The Kier molecular flexibility index (Phi) is 4.40. The van der Waals surface area contributed by atoms with Crippen LogP contribution in [0.1, 0.15) is 43.4 Å². The average molecular weight is 332 g/mol. The van der Waals surface area contributed by atoms with E-state index in [0.717, 1.165) is 30.4 Å². The van der Waals surface area contributed by atoms with Crippen LogP contribution >= 0.6 is 11.6 Å². The first-order chi connectivity index (χ1) is 11.0. The van der Waals surface area contributed by atoms with E-state index in [9.17, 15) is 9.18 Å². The van der Waals surface area contributed by atoms with E-state index in [1.165, 1.54) is 12.1 Å². The third-order valence-electron chi connectivity index (χ3n) is 4.76. The average Bonchev–Trinajstić information content (AvgIpc) is 2.48. The lowest BCUT2D eigenvalue weighted by atomic mass is 9.63. The van der Waals surface area contributed by atoms with Crippen molar-refractivity contribution in [3.8, 4) is 0 Å². The normalized spacial score (nSPS) is 17.2. The molecule has 2 nitrogen and oxygen atoms in total. The summed E-state index contributed by atoms with van der Waals surface area (Å²) >= 11 is 6.21. The van der Waals surface area contributed by atoms with Crippen LogP contribution in [0.4, 0.5) is 4.39 Å². The Bertz CT molecular complexity index is 710. The van der Waals surface area contributed by atoms with E-state index in [2.05, 4.69) is 5.32 Å². The smallest absolute Gasteiger partial charge is 0.231 e. The molecule has 0 radical (unpaired) electrons. The molecule has 1 aliphatic carbocycles. The third kappa shape index (κ3) is 2.98. The van der Waals surface area contributed by atoms with Crippen LogP contribution in [0, 0.1) is 5.82 Å². The first kappa shape index (κ1) is 16.0. The van der Waals surface area contributed by atoms with Crippen molar-refractivity contribution in [3.05, 3.63) is 70.5 Å². The Balaban J connectivity index is 1.81. The number of nitrogens with one attached hydrogen (secondary N) is 1. The molecule has 1 saturated carbocycles. The topological polar surface area (TPSA) is 29.1 Å². The number of benzene rings is 2. The van der Waals surface area contributed by atoms with Gasteiger partial charge >= 0.3 is 0 Å². The highest BCUT2D eigenvalue weighted by atomic mass is 35.5. The predicted molar refractivity (Wildman–Crippen MR) is 89.9 cm³/mol. The van der Waals surface area contributed by atoms with Gasteiger partial charge in [-0.25, -0.2) is 4.39 Å². The molecule has 1 unspecified atom stereocenters. The summed E-state index contributed by atoms with van der Waals surface area (Å²) in [7, 11) is 0. The Morgan fingerprint density at radius 1 is 1.17 bits per heavy atom. The van der Waals surface area contributed by atoms with E-state index in [4.69, 9.17) is 11.6 Å². The van der Waals surface area contributed by atoms with Crippen LogP contribution in [0.25, 0.3) is 0 Å². The van der Waals surface area contributed by atoms with Crippen LogP contribution in [-0.2, 0) is 10.2 Å². The van der Waals surface area contributed by atoms with Crippen molar-refractivity contribution < 1.29 is 9.18 Å². The standard InChI is InChI=1S/C19H19ClFNO/c1-13(16-5-2-3-6-17(16)20)22-18(23)19(11-4-12-19)14-7-9-15(21)10-8-14/h2-3,5-10,13H,4,11-12H2,1H3,(H,22,23). The molecule has 1 fully saturated rings. The molecule has 1 N–H and O–H groups in total. The lowest BCUT2D eigenvalue weighted by molar-refractivity contribution is -0.130. The van der Waals surface area contributed by atoms with Crippen molar-refractivity contribution in [2.24, 2.45) is 0 Å². The number of hydrogen-bond acceptors (Lipinski definition) is 1. The SMILES string of the molecule is CC(NC(=O)C1(c2ccc(F)cc2)CCC1)c1ccccc1Cl. The summed E-state index contributed by atoms with van der Waals surface area (Å²) in [4.78, 5) is 12.9. The first-order valence-electron chi connectivity index (χ1n) is 7.84. The number of hydrogen-bond donors (Lipinski definition) is 1. The van der Waals surface area contributed by atoms with E-state index in [0.29, 0.717) is 5.02 Å². The fraction of sp³-hybridized carbons (Fsp3) is 0.316. The molecule has 0 saturated heterocycles. The van der Waals surface area contributed by atoms with Gasteiger partial charge in [0.2, 0.25) is 5.91 Å². The van der Waals surface area contributed by atoms with Crippen molar-refractivity contribution in [1.82, 2.24) is 5.32 Å². The van der Waals surface area contributed by atoms with Gasteiger partial charge in [-0.05, 0) is 49.1 Å². The van der Waals surface area contributed by atoms with Gasteiger partial charge in [-0.1, -0.05) is 48.4 Å². The molecule has 23 heavy (non-hydrogen) atoms. The molecular weight excluding hydrogens is 313 g/mol. The second-order valence-electron chi connectivity index (χ2n) is 6.16. The van der Waals surface area contributed by atoms with Gasteiger partial charge in [-0.15, -0.1) is 0 Å². The highest BCUT2D eigenvalue weighted by molar-refractivity contribution is 6.31. The van der Waals surface area contributed by atoms with Crippen molar-refractivity contribution in [3.63, 3.8) is 0 Å². The highest BCUT2D eigenvalue weighted by Gasteiger charge is 2.45. The molecule has 2 aromatic carbocycles. The summed E-state index contributed by atoms with van der Waals surface area (Å²) in [5, 5.41) is 3.72. The van der Waals surface area contributed by atoms with Gasteiger partial charge in [-0.2, -0.15) is 0 Å². The fourth-order valence-corrected chi connectivity index (χ4v) is 3.48. The summed E-state index contributed by atoms with van der Waals surface area (Å²) in [6.07, 6.45) is 2.59. The molecule has 0 aromatic heterocycles. The Morgan fingerprint density at radius 3 is 2.39 bits per heavy atom. The van der Waals surface area contributed by atoms with Crippen LogP contribution in [-0.4, -0.2) is 5.91 Å². The zero-order valence-corrected chi connectivity index (χ0v) is 13.7. The predicted octanol–water partition coefficient (Wildman–Crippen LogP) is 4.78. The Hall–Kier alpha value is -1.87. The summed E-state index contributed by atoms with van der Waals surface area (Å²) in [5.74, 6) is -0.296. The molecule has 0 spiro atoms. The summed E-state index contributed by atoms with van der Waals surface area (Å²) in [6, 6.07) is 13.6. The fourth-order valence-electron chi connectivity index (χ4n) is 3.18. The van der Waals surface area contributed by atoms with E-state index in [1.54, 1.807) is 12.1 Å². The third-order valence-corrected chi connectivity index (χ3v) is 5.10. The largest absolute Gasteiger partial charge is 0.349 e. The second kappa shape index (κ2) is 6.32. The first-order valence-corrected chi connectivity index (χ1v) is 8.22. The zero-order chi connectivity index (χ0) is 16.4. The minimum absolute atomic E-state index is 0.0113. The van der Waals surface area contributed by atoms with Gasteiger partial charge < -0.3 is 5.32 Å². The molecular formula is C19H19ClFNO. The zero-order valence-electron chi connectivity index (χ0n) is 13.0. The molecule has 1 aliphatic rings. The maximum Gasteiger partial charge on any atom is 0.231 e. The molecule has 0 bridgehead atoms. The summed E-state index contributed by atoms with van der Waals surface area (Å²) < 4.78 is 13.2. The monoisotopic (exact) mass is 331 g/mol. The van der Waals surface area contributed by atoms with Crippen LogP contribution < -0.4 is 5.32 Å². The minimum Gasteiger partial charge on any atom is -0.349 e. The number of amides is 1. The quantitative estimate of drug-likeness (QED) is 0.858. The summed E-state index contributed by atoms with van der Waals surface area (Å²) in [6.45, 7) is 1.93. The van der Waals surface area contributed by atoms with Gasteiger partial charge in [0.25, 0.3) is 0 Å². The van der Waals surface area contributed by atoms with Crippen molar-refractivity contribution in [2.45, 2.75) is 37.6 Å². The van der Waals surface area contributed by atoms with Gasteiger partial charge in [-0.3, -0.25) is 4.79 Å². The van der Waals surface area contributed by atoms with Gasteiger partial charge in [0.1, 0.15) is 5.82 Å². The van der Waals surface area contributed by atoms with Gasteiger partial charge in [0.15, 0.2) is 0 Å². The molecule has 0 heterocycles. The van der Waals surface area contributed by atoms with E-state index in [-0.39, 0.29) is 17.8 Å². The molecule has 3 rings (SSSR count). The summed E-state index contributed by atoms with van der Waals surface area (Å²) in [5.41, 5.74) is 1.24. The molecule has 4 heteroatoms. The van der Waals surface area contributed by atoms with E-state index < -0.39 is 5.41 Å². The van der Waals surface area contributed by atoms with E-state index in [1.807, 2.05) is 31.2 Å². The minimum atomic E-state index is -0.538. The molecule has 2 aromatic rings. The molecule has 0 aliphatic heterocycles. The highest BCUT2D eigenvalue weighted by Crippen LogP contribution is 2.44. The lowest BCUT2D eigenvalue weighted by Gasteiger charge is -2.41. The number of carbonyl (C=O) groups is 1. The molecule has 1 amide bonds. The van der Waals surface area contributed by atoms with Crippen LogP contribution in [0.2, 0.25) is 5.02 Å². The Morgan fingerprint density at radius 2 is 1.83 bits per heavy atom. The second-order valence-corrected chi connectivity index (χ2v) is 6.57. The van der Waals surface area contributed by atoms with Crippen LogP contribution in [0.15, 0.2) is 48.5 Å². The Labute approximate surface area is 140 Å². The molecule has 120 valence electrons. The van der Waals surface area contributed by atoms with E-state index >= 15 is 0 Å². The van der Waals surface area contributed by atoms with Crippen molar-refractivity contribution in [1.29, 1.82) is 0 Å². The van der Waals surface area contributed by atoms with Gasteiger partial charge in [0.05, 0.1) is 11.5 Å². The number of halogens is 2. The maximum absolute atomic E-state index is 13.2. The van der Waals surface area contributed by atoms with Gasteiger partial charge in [0, 0.05) is 5.02 Å². The number of rotatable bonds is 4. The number of carbonyl (C=O) groups excluding carboxylic acids is 1. The van der Waals surface area contributed by atoms with Crippen molar-refractivity contribution in [2.75, 3.05) is 0 Å². The lowest BCUT2D eigenvalue weighted by Crippen LogP contribution is -2.49. The maximum atomic E-state index is 13.2. The van der Waals surface area contributed by atoms with Crippen LogP contribution in [0.5, 0.6) is 0 Å². The van der Waals surface area contributed by atoms with Crippen LogP contribution in [0.3, 0.4) is 0 Å².